The molecule has 1 saturated carbocycles. The average Bonchev–Trinajstić information content (AvgIpc) is 3.40. The lowest BCUT2D eigenvalue weighted by Crippen LogP contribution is -2.60. The number of aromatic hydroxyl groups is 1. The minimum atomic E-state index is -2.03. The molecule has 2 N–H and O–H groups in total. The first kappa shape index (κ1) is 31.1. The lowest BCUT2D eigenvalue weighted by atomic mass is 9.56. The van der Waals surface area contributed by atoms with E-state index in [4.69, 9.17) is 32.7 Å². The van der Waals surface area contributed by atoms with Crippen LogP contribution in [0.25, 0.3) is 0 Å². The normalized spacial score (nSPS) is 29.7. The van der Waals surface area contributed by atoms with Gasteiger partial charge in [-0.1, -0.05) is 29.8 Å². The predicted octanol–water partition coefficient (Wildman–Crippen LogP) is 5.35. The maximum atomic E-state index is 14.3. The fourth-order valence-electron chi connectivity index (χ4n) is 7.91. The minimum Gasteiger partial charge on any atom is -0.508 e. The Morgan fingerprint density at radius 3 is 2.09 bits per heavy atom. The molecule has 47 heavy (non-hydrogen) atoms. The van der Waals surface area contributed by atoms with E-state index in [2.05, 4.69) is 5.32 Å². The van der Waals surface area contributed by atoms with Crippen molar-refractivity contribution in [2.75, 3.05) is 31.5 Å². The summed E-state index contributed by atoms with van der Waals surface area (Å²) in [5.74, 6) is -5.43. The van der Waals surface area contributed by atoms with Crippen LogP contribution < -0.4 is 19.7 Å². The third-order valence-electron chi connectivity index (χ3n) is 10.0. The number of phenols is 1. The van der Waals surface area contributed by atoms with Crippen molar-refractivity contribution in [1.82, 2.24) is 4.90 Å². The molecule has 3 fully saturated rings. The second-order valence-electron chi connectivity index (χ2n) is 12.3. The molecular weight excluding hydrogens is 645 g/mol. The van der Waals surface area contributed by atoms with Crippen LogP contribution in [0.4, 0.5) is 17.1 Å². The average molecular weight is 677 g/mol. The van der Waals surface area contributed by atoms with Crippen LogP contribution in [0, 0.1) is 17.8 Å². The molecular formula is C35H31Cl2N3O7. The number of allylic oxidation sites excluding steroid dienone is 2. The molecule has 2 aliphatic carbocycles. The second-order valence-corrected chi connectivity index (χ2v) is 13.6. The molecule has 3 aromatic carbocycles. The number of methoxy groups -OCH3 is 2. The van der Waals surface area contributed by atoms with Crippen molar-refractivity contribution in [1.29, 1.82) is 0 Å². The number of amides is 4. The first-order valence-electron chi connectivity index (χ1n) is 15.1. The van der Waals surface area contributed by atoms with Gasteiger partial charge in [-0.25, -0.2) is 0 Å². The summed E-state index contributed by atoms with van der Waals surface area (Å²) in [5.41, 5.74) is 2.98. The van der Waals surface area contributed by atoms with Crippen molar-refractivity contribution >= 4 is 63.9 Å². The maximum Gasteiger partial charge on any atom is 0.253 e. The van der Waals surface area contributed by atoms with Gasteiger partial charge in [0.1, 0.15) is 17.2 Å². The third-order valence-corrected chi connectivity index (χ3v) is 11.4. The van der Waals surface area contributed by atoms with Gasteiger partial charge in [-0.15, -0.1) is 23.2 Å². The number of hydrogen-bond donors (Lipinski definition) is 2. The van der Waals surface area contributed by atoms with E-state index < -0.39 is 51.1 Å². The van der Waals surface area contributed by atoms with Crippen LogP contribution in [-0.2, 0) is 19.2 Å². The molecule has 242 valence electrons. The molecule has 4 amide bonds. The van der Waals surface area contributed by atoms with E-state index in [9.17, 15) is 24.3 Å². The smallest absolute Gasteiger partial charge is 0.253 e. The second kappa shape index (κ2) is 11.0. The molecule has 3 aromatic rings. The number of benzene rings is 3. The van der Waals surface area contributed by atoms with Crippen LogP contribution in [0.3, 0.4) is 0 Å². The molecule has 2 saturated heterocycles. The Bertz CT molecular complexity index is 1840. The van der Waals surface area contributed by atoms with Crippen LogP contribution in [0.2, 0.25) is 0 Å². The first-order chi connectivity index (χ1) is 22.5. The topological polar surface area (TPSA) is 125 Å². The summed E-state index contributed by atoms with van der Waals surface area (Å²) in [4.78, 5) is 54.1. The summed E-state index contributed by atoms with van der Waals surface area (Å²) in [5, 5.41) is 13.7. The molecule has 10 nitrogen and oxygen atoms in total. The molecule has 4 aliphatic rings. The summed E-state index contributed by atoms with van der Waals surface area (Å²) in [7, 11) is 4.11. The van der Waals surface area contributed by atoms with E-state index in [1.807, 2.05) is 36.4 Å². The van der Waals surface area contributed by atoms with Crippen molar-refractivity contribution < 1.29 is 33.8 Å². The number of anilines is 3. The third kappa shape index (κ3) is 4.30. The largest absolute Gasteiger partial charge is 0.508 e. The summed E-state index contributed by atoms with van der Waals surface area (Å²) in [6.07, 6.45) is 1.89. The number of carbonyl (C=O) groups excluding carboxylic acids is 4. The van der Waals surface area contributed by atoms with E-state index in [0.717, 1.165) is 16.3 Å². The number of rotatable bonds is 6. The molecule has 0 bridgehead atoms. The number of ether oxygens (including phenoxy) is 2. The van der Waals surface area contributed by atoms with Crippen LogP contribution >= 0.6 is 23.2 Å². The molecule has 2 heterocycles. The summed E-state index contributed by atoms with van der Waals surface area (Å²) in [6, 6.07) is 19.3. The number of alkyl halides is 2. The molecule has 7 rings (SSSR count). The number of nitrogens with one attached hydrogen (secondary N) is 1. The van der Waals surface area contributed by atoms with Crippen LogP contribution in [0.5, 0.6) is 17.2 Å². The van der Waals surface area contributed by atoms with E-state index in [0.29, 0.717) is 16.8 Å². The van der Waals surface area contributed by atoms with Gasteiger partial charge in [-0.05, 0) is 55.2 Å². The number of halogens is 2. The molecule has 2 aliphatic heterocycles. The number of phenolic OH excluding ortho intramolecular Hbond substituents is 1. The highest BCUT2D eigenvalue weighted by molar-refractivity contribution is 6.53. The van der Waals surface area contributed by atoms with Crippen molar-refractivity contribution in [3.8, 4) is 17.2 Å². The fourth-order valence-corrected chi connectivity index (χ4v) is 8.91. The SMILES string of the molecule is COc1cc(O)cc(OC)c1[C@H]1C2=CC[C@@H]3C(=O)N(c4ccc(Nc5ccccc5)cc4)C(=O)[C@@H]3[C@@H]2C[C@@]2(Cl)C(=O)N(C)C(=O)[C@@]12Cl. The Balaban J connectivity index is 1.32. The van der Waals surface area contributed by atoms with Gasteiger partial charge in [-0.3, -0.25) is 29.0 Å². The minimum absolute atomic E-state index is 0.147. The highest BCUT2D eigenvalue weighted by atomic mass is 35.5. The Morgan fingerprint density at radius 1 is 0.851 bits per heavy atom. The number of imide groups is 2. The summed E-state index contributed by atoms with van der Waals surface area (Å²) < 4.78 is 11.3. The zero-order valence-corrected chi connectivity index (χ0v) is 27.2. The first-order valence-corrected chi connectivity index (χ1v) is 15.9. The lowest BCUT2D eigenvalue weighted by molar-refractivity contribution is -0.138. The Morgan fingerprint density at radius 2 is 1.47 bits per heavy atom. The van der Waals surface area contributed by atoms with Gasteiger partial charge >= 0.3 is 0 Å². The Kier molecular flexibility index (Phi) is 7.29. The van der Waals surface area contributed by atoms with Gasteiger partial charge in [0.15, 0.2) is 9.75 Å². The molecule has 0 aromatic heterocycles. The summed E-state index contributed by atoms with van der Waals surface area (Å²) >= 11 is 14.6. The predicted molar refractivity (Wildman–Crippen MR) is 175 cm³/mol. The highest BCUT2D eigenvalue weighted by Gasteiger charge is 2.76. The van der Waals surface area contributed by atoms with E-state index in [-0.39, 0.29) is 36.0 Å². The molecule has 0 radical (unpaired) electrons. The number of para-hydroxylation sites is 1. The van der Waals surface area contributed by atoms with Crippen molar-refractivity contribution in [2.24, 2.45) is 17.8 Å². The van der Waals surface area contributed by atoms with E-state index in [1.54, 1.807) is 24.3 Å². The number of hydrogen-bond acceptors (Lipinski definition) is 8. The lowest BCUT2D eigenvalue weighted by Gasteiger charge is -2.51. The van der Waals surface area contributed by atoms with Crippen molar-refractivity contribution in [3.05, 3.63) is 83.9 Å². The van der Waals surface area contributed by atoms with Crippen LogP contribution in [0.1, 0.15) is 24.3 Å². The number of nitrogens with zero attached hydrogens (tertiary/aromatic N) is 2. The quantitative estimate of drug-likeness (QED) is 0.204. The Hall–Kier alpha value is -4.54. The van der Waals surface area contributed by atoms with E-state index in [1.165, 1.54) is 38.3 Å². The van der Waals surface area contributed by atoms with Gasteiger partial charge in [-0.2, -0.15) is 0 Å². The Labute approximate surface area is 280 Å². The van der Waals surface area contributed by atoms with Crippen molar-refractivity contribution in [2.45, 2.75) is 28.5 Å². The standard InChI is InChI=1S/C35H31Cl2N3O7/c1-39-32(44)34(36)17-24-22(29(35(34,37)33(39)45)28-25(46-2)15-21(41)16-26(28)47-3)13-14-23-27(24)31(43)40(30(23)42)20-11-9-19(10-12-20)38-18-7-5-4-6-8-18/h4-13,15-16,23-24,27,29,38,41H,14,17H2,1-3H3/t23-,24+,27-,29+,34+,35-/m0/s1. The number of likely N-dealkylation sites (tertiary alicyclic amines) is 1. The van der Waals surface area contributed by atoms with Gasteiger partial charge < -0.3 is 19.9 Å². The molecule has 6 atom stereocenters. The zero-order valence-electron chi connectivity index (χ0n) is 25.7. The fraction of sp³-hybridized carbons (Fsp3) is 0.314. The van der Waals surface area contributed by atoms with Crippen LogP contribution in [-0.4, -0.2) is 64.7 Å². The van der Waals surface area contributed by atoms with E-state index >= 15 is 0 Å². The van der Waals surface area contributed by atoms with Crippen LogP contribution in [0.15, 0.2) is 78.4 Å². The molecule has 12 heteroatoms. The summed E-state index contributed by atoms with van der Waals surface area (Å²) in [6.45, 7) is 0. The highest BCUT2D eigenvalue weighted by Crippen LogP contribution is 2.67. The molecule has 0 spiro atoms. The maximum absolute atomic E-state index is 14.3. The van der Waals surface area contributed by atoms with Crippen molar-refractivity contribution in [3.63, 3.8) is 0 Å². The zero-order chi connectivity index (χ0) is 33.4. The number of fused-ring (bicyclic) bond motifs is 4. The monoisotopic (exact) mass is 675 g/mol. The number of carbonyl (C=O) groups is 4. The molecule has 0 unspecified atom stereocenters. The van der Waals surface area contributed by atoms with Gasteiger partial charge in [0.2, 0.25) is 11.8 Å². The van der Waals surface area contributed by atoms with Gasteiger partial charge in [0, 0.05) is 42.0 Å². The van der Waals surface area contributed by atoms with Gasteiger partial charge in [0.25, 0.3) is 11.8 Å². The van der Waals surface area contributed by atoms with Gasteiger partial charge in [0.05, 0.1) is 31.7 Å².